The lowest BCUT2D eigenvalue weighted by Crippen LogP contribution is -2.34. The predicted molar refractivity (Wildman–Crippen MR) is 107 cm³/mol. The van der Waals surface area contributed by atoms with Gasteiger partial charge < -0.3 is 9.47 Å². The Hall–Kier alpha value is -3.48. The zero-order valence-corrected chi connectivity index (χ0v) is 16.2. The first kappa shape index (κ1) is 20.3. The van der Waals surface area contributed by atoms with Crippen molar-refractivity contribution in [3.63, 3.8) is 0 Å². The van der Waals surface area contributed by atoms with Gasteiger partial charge in [0, 0.05) is 18.1 Å². The smallest absolute Gasteiger partial charge is 0.317 e. The van der Waals surface area contributed by atoms with E-state index < -0.39 is 22.7 Å². The number of methoxy groups -OCH3 is 1. The molecule has 0 radical (unpaired) electrons. The molecule has 0 amide bonds. The summed E-state index contributed by atoms with van der Waals surface area (Å²) in [5.41, 5.74) is 2.01. The predicted octanol–water partition coefficient (Wildman–Crippen LogP) is 3.92. The molecular formula is C22H21NO6. The van der Waals surface area contributed by atoms with Crippen LogP contribution in [0.3, 0.4) is 0 Å². The van der Waals surface area contributed by atoms with Gasteiger partial charge in [-0.2, -0.15) is 0 Å². The van der Waals surface area contributed by atoms with Gasteiger partial charge in [-0.3, -0.25) is 19.7 Å². The fourth-order valence-corrected chi connectivity index (χ4v) is 3.59. The monoisotopic (exact) mass is 395 g/mol. The van der Waals surface area contributed by atoms with E-state index >= 15 is 0 Å². The number of benzene rings is 2. The number of carbonyl (C=O) groups is 2. The lowest BCUT2D eigenvalue weighted by molar-refractivity contribution is -0.384. The number of esters is 1. The Balaban J connectivity index is 2.06. The highest BCUT2D eigenvalue weighted by Crippen LogP contribution is 2.41. The number of nitrogens with zero attached hydrogens (tertiary/aromatic N) is 1. The molecule has 0 N–H and O–H groups in total. The van der Waals surface area contributed by atoms with Crippen molar-refractivity contribution in [2.24, 2.45) is 5.92 Å². The second-order valence-corrected chi connectivity index (χ2v) is 6.70. The number of carbonyl (C=O) groups excluding carboxylic acids is 2. The van der Waals surface area contributed by atoms with E-state index in [1.807, 2.05) is 18.2 Å². The molecule has 2 atom stereocenters. The lowest BCUT2D eigenvalue weighted by atomic mass is 9.73. The Morgan fingerprint density at radius 2 is 1.97 bits per heavy atom. The van der Waals surface area contributed by atoms with Gasteiger partial charge in [0.2, 0.25) is 0 Å². The van der Waals surface area contributed by atoms with Gasteiger partial charge in [-0.25, -0.2) is 0 Å². The molecule has 0 aliphatic heterocycles. The summed E-state index contributed by atoms with van der Waals surface area (Å²) < 4.78 is 10.4. The first-order valence-electron chi connectivity index (χ1n) is 9.24. The van der Waals surface area contributed by atoms with Gasteiger partial charge in [0.25, 0.3) is 5.69 Å². The van der Waals surface area contributed by atoms with E-state index in [0.717, 1.165) is 11.1 Å². The molecule has 3 rings (SSSR count). The van der Waals surface area contributed by atoms with Crippen LogP contribution >= 0.6 is 0 Å². The molecule has 0 saturated carbocycles. The van der Waals surface area contributed by atoms with Crippen molar-refractivity contribution in [1.29, 1.82) is 0 Å². The molecule has 150 valence electrons. The van der Waals surface area contributed by atoms with E-state index in [1.54, 1.807) is 32.2 Å². The van der Waals surface area contributed by atoms with Crippen LogP contribution in [0.15, 0.2) is 54.6 Å². The summed E-state index contributed by atoms with van der Waals surface area (Å²) in [6.07, 6.45) is 1.83. The van der Waals surface area contributed by atoms with E-state index in [9.17, 15) is 19.7 Å². The summed E-state index contributed by atoms with van der Waals surface area (Å²) in [6.45, 7) is 1.82. The van der Waals surface area contributed by atoms with Crippen molar-refractivity contribution in [2.75, 3.05) is 13.7 Å². The maximum Gasteiger partial charge on any atom is 0.317 e. The average Bonchev–Trinajstić information content (AvgIpc) is 2.73. The van der Waals surface area contributed by atoms with Crippen LogP contribution in [0.2, 0.25) is 0 Å². The van der Waals surface area contributed by atoms with Crippen LogP contribution in [0.25, 0.3) is 5.57 Å². The van der Waals surface area contributed by atoms with Crippen molar-refractivity contribution in [3.8, 4) is 5.75 Å². The van der Waals surface area contributed by atoms with Crippen LogP contribution in [-0.4, -0.2) is 30.4 Å². The molecule has 0 spiro atoms. The van der Waals surface area contributed by atoms with Gasteiger partial charge >= 0.3 is 5.97 Å². The normalized spacial score (nSPS) is 18.7. The number of hydrogen-bond acceptors (Lipinski definition) is 6. The van der Waals surface area contributed by atoms with Gasteiger partial charge in [-0.05, 0) is 48.3 Å². The van der Waals surface area contributed by atoms with Crippen molar-refractivity contribution < 1.29 is 24.0 Å². The molecule has 0 saturated heterocycles. The van der Waals surface area contributed by atoms with Crippen molar-refractivity contribution in [3.05, 3.63) is 75.8 Å². The minimum absolute atomic E-state index is 0.0879. The molecule has 1 aliphatic carbocycles. The summed E-state index contributed by atoms with van der Waals surface area (Å²) in [7, 11) is 1.56. The SMILES string of the molecule is CCOC(=O)C1C(=O)C=C(c2cccc(OC)c2)CC1c1cccc([N+](=O)[O-])c1. The van der Waals surface area contributed by atoms with Crippen LogP contribution in [0.4, 0.5) is 5.69 Å². The molecule has 0 fully saturated rings. The van der Waals surface area contributed by atoms with Crippen LogP contribution in [0.5, 0.6) is 5.75 Å². The first-order chi connectivity index (χ1) is 13.9. The third-order valence-corrected chi connectivity index (χ3v) is 4.96. The van der Waals surface area contributed by atoms with Crippen LogP contribution < -0.4 is 4.74 Å². The quantitative estimate of drug-likeness (QED) is 0.318. The number of allylic oxidation sites excluding steroid dienone is 2. The highest BCUT2D eigenvalue weighted by molar-refractivity contribution is 6.10. The molecule has 2 aromatic rings. The number of rotatable bonds is 6. The molecule has 7 nitrogen and oxygen atoms in total. The molecule has 2 unspecified atom stereocenters. The maximum atomic E-state index is 12.9. The average molecular weight is 395 g/mol. The van der Waals surface area contributed by atoms with E-state index in [4.69, 9.17) is 9.47 Å². The van der Waals surface area contributed by atoms with Gasteiger partial charge in [0.15, 0.2) is 5.78 Å². The molecular weight excluding hydrogens is 374 g/mol. The Labute approximate surface area is 168 Å². The van der Waals surface area contributed by atoms with E-state index in [2.05, 4.69) is 0 Å². The number of ether oxygens (including phenoxy) is 2. The zero-order valence-electron chi connectivity index (χ0n) is 16.2. The fourth-order valence-electron chi connectivity index (χ4n) is 3.59. The third kappa shape index (κ3) is 4.34. The molecule has 7 heteroatoms. The largest absolute Gasteiger partial charge is 0.497 e. The zero-order chi connectivity index (χ0) is 21.0. The van der Waals surface area contributed by atoms with Gasteiger partial charge in [-0.15, -0.1) is 0 Å². The Morgan fingerprint density at radius 3 is 2.66 bits per heavy atom. The Kier molecular flexibility index (Phi) is 6.07. The summed E-state index contributed by atoms with van der Waals surface area (Å²) in [5, 5.41) is 11.2. The number of nitro benzene ring substituents is 1. The minimum atomic E-state index is -1.04. The molecule has 29 heavy (non-hydrogen) atoms. The molecule has 2 aromatic carbocycles. The van der Waals surface area contributed by atoms with Crippen molar-refractivity contribution in [1.82, 2.24) is 0 Å². The van der Waals surface area contributed by atoms with Gasteiger partial charge in [-0.1, -0.05) is 24.3 Å². The molecule has 1 aliphatic rings. The third-order valence-electron chi connectivity index (χ3n) is 4.96. The van der Waals surface area contributed by atoms with Crippen LogP contribution in [0, 0.1) is 16.0 Å². The Morgan fingerprint density at radius 1 is 1.21 bits per heavy atom. The summed E-state index contributed by atoms with van der Waals surface area (Å²) in [5.74, 6) is -1.94. The van der Waals surface area contributed by atoms with E-state index in [1.165, 1.54) is 18.2 Å². The second-order valence-electron chi connectivity index (χ2n) is 6.70. The second kappa shape index (κ2) is 8.68. The van der Waals surface area contributed by atoms with Gasteiger partial charge in [0.1, 0.15) is 11.7 Å². The number of ketones is 1. The topological polar surface area (TPSA) is 95.7 Å². The standard InChI is InChI=1S/C22H21NO6/c1-3-29-22(25)21-19(15-7-4-8-17(10-15)23(26)27)12-16(13-20(21)24)14-6-5-9-18(11-14)28-2/h4-11,13,19,21H,3,12H2,1-2H3. The number of non-ortho nitro benzene ring substituents is 1. The maximum absolute atomic E-state index is 12.9. The first-order valence-corrected chi connectivity index (χ1v) is 9.24. The fraction of sp³-hybridized carbons (Fsp3) is 0.273. The van der Waals surface area contributed by atoms with Crippen LogP contribution in [-0.2, 0) is 14.3 Å². The molecule has 0 aromatic heterocycles. The number of nitro groups is 1. The molecule has 0 heterocycles. The Bertz CT molecular complexity index is 981. The number of hydrogen-bond donors (Lipinski definition) is 0. The van der Waals surface area contributed by atoms with Crippen LogP contribution in [0.1, 0.15) is 30.4 Å². The van der Waals surface area contributed by atoms with E-state index in [-0.39, 0.29) is 18.1 Å². The summed E-state index contributed by atoms with van der Waals surface area (Å²) >= 11 is 0. The highest BCUT2D eigenvalue weighted by Gasteiger charge is 2.40. The van der Waals surface area contributed by atoms with Gasteiger partial charge in [0.05, 0.1) is 18.6 Å². The van der Waals surface area contributed by atoms with Crippen molar-refractivity contribution in [2.45, 2.75) is 19.3 Å². The van der Waals surface area contributed by atoms with Crippen molar-refractivity contribution >= 4 is 23.0 Å². The summed E-state index contributed by atoms with van der Waals surface area (Å²) in [4.78, 5) is 36.1. The highest BCUT2D eigenvalue weighted by atomic mass is 16.6. The lowest BCUT2D eigenvalue weighted by Gasteiger charge is -2.29. The molecule has 0 bridgehead atoms. The summed E-state index contributed by atoms with van der Waals surface area (Å²) in [6, 6.07) is 13.3. The minimum Gasteiger partial charge on any atom is -0.497 e. The van der Waals surface area contributed by atoms with E-state index in [0.29, 0.717) is 17.7 Å².